The molecule has 4 heteroatoms. The van der Waals surface area contributed by atoms with Crippen LogP contribution in [0, 0.1) is 0 Å². The Morgan fingerprint density at radius 3 is 0.289 bits per heavy atom. The van der Waals surface area contributed by atoms with Gasteiger partial charge >= 0.3 is 0 Å². The fourth-order valence-electron chi connectivity index (χ4n) is 12.0. The van der Waals surface area contributed by atoms with Crippen LogP contribution in [0.5, 0.6) is 0 Å². The maximum Gasteiger partial charge on any atom is 0.0197 e. The average Bonchev–Trinajstić information content (AvgIpc) is 3.41. The van der Waals surface area contributed by atoms with Crippen LogP contribution in [0.4, 0.5) is 0 Å². The molecule has 0 aromatic heterocycles. The fourth-order valence-corrected chi connectivity index (χ4v) is 15.5. The molecule has 0 saturated carbocycles. The first-order chi connectivity index (χ1) is 36.8. The van der Waals surface area contributed by atoms with Gasteiger partial charge in [0.25, 0.3) is 0 Å². The van der Waals surface area contributed by atoms with Crippen molar-refractivity contribution in [3.63, 3.8) is 0 Å². The van der Waals surface area contributed by atoms with E-state index in [4.69, 9.17) is 0 Å². The lowest BCUT2D eigenvalue weighted by Crippen LogP contribution is -1.90. The van der Waals surface area contributed by atoms with Crippen molar-refractivity contribution in [3.05, 3.63) is 0 Å². The van der Waals surface area contributed by atoms with Gasteiger partial charge in [0.05, 0.1) is 0 Å². The van der Waals surface area contributed by atoms with Crippen molar-refractivity contribution in [1.82, 2.24) is 0 Å². The summed E-state index contributed by atoms with van der Waals surface area (Å²) in [5.74, 6) is 0. The van der Waals surface area contributed by atoms with Gasteiger partial charge in [0.2, 0.25) is 0 Å². The van der Waals surface area contributed by atoms with Crippen molar-refractivity contribution < 1.29 is 0 Å². The van der Waals surface area contributed by atoms with Crippen LogP contribution in [-0.4, -0.2) is 19.0 Å². The van der Waals surface area contributed by atoms with Crippen molar-refractivity contribution in [2.75, 3.05) is 0 Å². The highest BCUT2D eigenvalue weighted by molar-refractivity contribution is 6.35. The number of halogens is 2. The molecular weight excluding hydrogens is 992 g/mol. The van der Waals surface area contributed by atoms with Crippen molar-refractivity contribution >= 4 is 43.9 Å². The van der Waals surface area contributed by atoms with Crippen LogP contribution in [0.2, 0.25) is 24.2 Å². The molecule has 0 bridgehead atoms. The van der Waals surface area contributed by atoms with Crippen molar-refractivity contribution in [1.29, 1.82) is 0 Å². The lowest BCUT2D eigenvalue weighted by atomic mass is 10.0. The first-order valence-corrected chi connectivity index (χ1v) is 40.8. The molecule has 0 aromatic carbocycles. The molecule has 0 atom stereocenters. The Bertz CT molecular complexity index is 747. The Labute approximate surface area is 503 Å². The van der Waals surface area contributed by atoms with E-state index in [-0.39, 0.29) is 43.9 Å². The number of hydrogen-bond acceptors (Lipinski definition) is 0. The molecule has 0 spiro atoms. The molecule has 0 saturated heterocycles. The molecule has 0 amide bonds. The summed E-state index contributed by atoms with van der Waals surface area (Å²) in [5, 5.41) is 0. The SMILES string of the molecule is CCCCCCCCCCCCCCCCCC[SiH2]CCCCCCCCCCCCCCCCCC.CCCCCCCCCCCCCCCCCC[SiH2]CCCCCCCCCCCCCCCCCC.Cl.Cl. The van der Waals surface area contributed by atoms with Crippen molar-refractivity contribution in [3.8, 4) is 0 Å². The van der Waals surface area contributed by atoms with E-state index < -0.39 is 0 Å². The highest BCUT2D eigenvalue weighted by atomic mass is 35.5. The summed E-state index contributed by atoms with van der Waals surface area (Å²) >= 11 is 0. The van der Waals surface area contributed by atoms with E-state index in [2.05, 4.69) is 27.7 Å². The summed E-state index contributed by atoms with van der Waals surface area (Å²) in [4.78, 5) is 0. The molecule has 464 valence electrons. The van der Waals surface area contributed by atoms with Gasteiger partial charge in [-0.15, -0.1) is 24.8 Å². The van der Waals surface area contributed by atoms with E-state index in [1.54, 1.807) is 49.9 Å². The molecule has 0 N–H and O–H groups in total. The number of rotatable bonds is 68. The molecule has 0 aliphatic heterocycles. The van der Waals surface area contributed by atoms with E-state index in [1.165, 1.54) is 385 Å². The third kappa shape index (κ3) is 86.3. The minimum atomic E-state index is 0. The van der Waals surface area contributed by atoms with Crippen LogP contribution in [0.15, 0.2) is 0 Å². The molecule has 76 heavy (non-hydrogen) atoms. The molecule has 0 aliphatic carbocycles. The standard InChI is InChI=1S/2C36H76Si.2ClH/c2*1-3-5-7-9-11-13-15-17-19-21-23-25-27-29-31-33-35-37-36-34-32-30-28-26-24-22-20-18-16-14-12-10-8-6-4-2;;/h2*3-37H2,1-2H3;2*1H. The lowest BCUT2D eigenvalue weighted by molar-refractivity contribution is 0.531. The van der Waals surface area contributed by atoms with E-state index in [9.17, 15) is 0 Å². The molecular formula is C72H154Cl2Si2. The Hall–Kier alpha value is 1.01. The molecule has 0 heterocycles. The zero-order valence-corrected chi connectivity index (χ0v) is 58.8. The average molecular weight is 1150 g/mol. The topological polar surface area (TPSA) is 0 Å². The minimum Gasteiger partial charge on any atom is -0.147 e. The van der Waals surface area contributed by atoms with Gasteiger partial charge in [-0.1, -0.05) is 463 Å². The first kappa shape index (κ1) is 83.5. The molecule has 0 radical (unpaired) electrons. The van der Waals surface area contributed by atoms with Crippen LogP contribution in [0.25, 0.3) is 0 Å². The summed E-state index contributed by atoms with van der Waals surface area (Å²) in [7, 11) is 0.564. The van der Waals surface area contributed by atoms with Gasteiger partial charge in [0.1, 0.15) is 0 Å². The van der Waals surface area contributed by atoms with Crippen LogP contribution >= 0.6 is 24.8 Å². The van der Waals surface area contributed by atoms with Gasteiger partial charge < -0.3 is 0 Å². The predicted octanol–water partition coefficient (Wildman–Crippen LogP) is 27.9. The maximum absolute atomic E-state index is 2.31. The number of hydrogen-bond donors (Lipinski definition) is 0. The molecule has 0 unspecified atom stereocenters. The van der Waals surface area contributed by atoms with Crippen LogP contribution < -0.4 is 0 Å². The third-order valence-corrected chi connectivity index (χ3v) is 21.4. The van der Waals surface area contributed by atoms with Crippen molar-refractivity contribution in [2.24, 2.45) is 0 Å². The Morgan fingerprint density at radius 1 is 0.118 bits per heavy atom. The first-order valence-electron chi connectivity index (χ1n) is 36.8. The second-order valence-corrected chi connectivity index (χ2v) is 29.6. The van der Waals surface area contributed by atoms with Gasteiger partial charge in [-0.3, -0.25) is 0 Å². The van der Waals surface area contributed by atoms with Gasteiger partial charge in [0, 0.05) is 19.0 Å². The minimum absolute atomic E-state index is 0. The molecule has 0 nitrogen and oxygen atoms in total. The molecule has 0 aliphatic rings. The van der Waals surface area contributed by atoms with Gasteiger partial charge in [0.15, 0.2) is 0 Å². The maximum atomic E-state index is 2.31. The van der Waals surface area contributed by atoms with Gasteiger partial charge in [-0.25, -0.2) is 0 Å². The molecule has 0 aromatic rings. The van der Waals surface area contributed by atoms with Crippen LogP contribution in [0.1, 0.15) is 439 Å². The highest BCUT2D eigenvalue weighted by Gasteiger charge is 2.01. The highest BCUT2D eigenvalue weighted by Crippen LogP contribution is 2.19. The largest absolute Gasteiger partial charge is 0.147 e. The van der Waals surface area contributed by atoms with E-state index in [0.717, 1.165) is 0 Å². The van der Waals surface area contributed by atoms with Gasteiger partial charge in [-0.2, -0.15) is 0 Å². The summed E-state index contributed by atoms with van der Waals surface area (Å²) in [6.45, 7) is 9.24. The molecule has 0 rings (SSSR count). The quantitative estimate of drug-likeness (QED) is 0.0421. The monoisotopic (exact) mass is 1150 g/mol. The summed E-state index contributed by atoms with van der Waals surface area (Å²) in [6, 6.07) is 6.54. The summed E-state index contributed by atoms with van der Waals surface area (Å²) in [6.07, 6.45) is 95.5. The van der Waals surface area contributed by atoms with Gasteiger partial charge in [-0.05, 0) is 0 Å². The zero-order valence-electron chi connectivity index (χ0n) is 54.3. The second-order valence-electron chi connectivity index (χ2n) is 25.3. The number of unbranched alkanes of at least 4 members (excludes halogenated alkanes) is 60. The zero-order chi connectivity index (χ0) is 53.5. The predicted molar refractivity (Wildman–Crippen MR) is 369 cm³/mol. The van der Waals surface area contributed by atoms with Crippen molar-refractivity contribution in [2.45, 2.75) is 463 Å². The van der Waals surface area contributed by atoms with Crippen LogP contribution in [-0.2, 0) is 0 Å². The Morgan fingerprint density at radius 2 is 0.197 bits per heavy atom. The van der Waals surface area contributed by atoms with E-state index in [1.807, 2.05) is 0 Å². The van der Waals surface area contributed by atoms with E-state index >= 15 is 0 Å². The normalized spacial score (nSPS) is 11.2. The lowest BCUT2D eigenvalue weighted by Gasteiger charge is -2.04. The second kappa shape index (κ2) is 84.8. The summed E-state index contributed by atoms with van der Waals surface area (Å²) < 4.78 is 0. The smallest absolute Gasteiger partial charge is 0.0197 e. The Kier molecular flexibility index (Phi) is 93.2. The van der Waals surface area contributed by atoms with Crippen LogP contribution in [0.3, 0.4) is 0 Å². The third-order valence-electron chi connectivity index (χ3n) is 17.4. The summed E-state index contributed by atoms with van der Waals surface area (Å²) in [5.41, 5.74) is 0. The van der Waals surface area contributed by atoms with E-state index in [0.29, 0.717) is 0 Å². The molecule has 0 fully saturated rings. The Balaban J connectivity index is -0.000000665. The fraction of sp³-hybridized carbons (Fsp3) is 1.00.